The molecule has 3 N–H and O–H groups in total. The van der Waals surface area contributed by atoms with Gasteiger partial charge >= 0.3 is 0 Å². The maximum Gasteiger partial charge on any atom is 0.262 e. The number of anilines is 2. The van der Waals surface area contributed by atoms with Crippen LogP contribution in [-0.2, 0) is 10.0 Å². The zero-order valence-corrected chi connectivity index (χ0v) is 12.1. The Morgan fingerprint density at radius 2 is 1.90 bits per heavy atom. The van der Waals surface area contributed by atoms with Gasteiger partial charge in [0.15, 0.2) is 0 Å². The van der Waals surface area contributed by atoms with E-state index in [1.165, 1.54) is 18.2 Å². The van der Waals surface area contributed by atoms with Gasteiger partial charge in [0.25, 0.3) is 10.0 Å². The fraction of sp³-hybridized carbons (Fsp3) is 0.0769. The Labute approximate surface area is 121 Å². The minimum Gasteiger partial charge on any atom is -0.399 e. The van der Waals surface area contributed by atoms with Crippen molar-refractivity contribution in [2.24, 2.45) is 0 Å². The van der Waals surface area contributed by atoms with Crippen molar-refractivity contribution < 1.29 is 12.8 Å². The molecule has 0 unspecified atom stereocenters. The predicted molar refractivity (Wildman–Crippen MR) is 77.8 cm³/mol. The van der Waals surface area contributed by atoms with Crippen LogP contribution in [0.5, 0.6) is 0 Å². The standard InChI is InChI=1S/C13H12ClFN2O2S/c1-8-6-10(16)3-5-13(8)20(18,19)17-12-4-2-9(15)7-11(12)14/h2-7,17H,16H2,1H3. The van der Waals surface area contributed by atoms with E-state index in [9.17, 15) is 12.8 Å². The van der Waals surface area contributed by atoms with E-state index in [1.807, 2.05) is 0 Å². The highest BCUT2D eigenvalue weighted by Crippen LogP contribution is 2.26. The van der Waals surface area contributed by atoms with Crippen molar-refractivity contribution in [3.63, 3.8) is 0 Å². The Balaban J connectivity index is 2.41. The molecule has 2 aromatic rings. The van der Waals surface area contributed by atoms with Crippen LogP contribution in [-0.4, -0.2) is 8.42 Å². The fourth-order valence-electron chi connectivity index (χ4n) is 1.75. The van der Waals surface area contributed by atoms with Gasteiger partial charge in [-0.25, -0.2) is 12.8 Å². The molecule has 0 atom stereocenters. The van der Waals surface area contributed by atoms with Crippen LogP contribution in [0, 0.1) is 12.7 Å². The molecule has 4 nitrogen and oxygen atoms in total. The summed E-state index contributed by atoms with van der Waals surface area (Å²) in [5, 5.41) is -0.0123. The molecule has 7 heteroatoms. The maximum atomic E-state index is 12.9. The first-order valence-electron chi connectivity index (χ1n) is 5.63. The van der Waals surface area contributed by atoms with Crippen molar-refractivity contribution in [2.45, 2.75) is 11.8 Å². The van der Waals surface area contributed by atoms with Gasteiger partial charge in [-0.15, -0.1) is 0 Å². The molecule has 0 bridgehead atoms. The number of benzene rings is 2. The summed E-state index contributed by atoms with van der Waals surface area (Å²) in [7, 11) is -3.81. The highest BCUT2D eigenvalue weighted by molar-refractivity contribution is 7.92. The molecule has 0 amide bonds. The summed E-state index contributed by atoms with van der Waals surface area (Å²) < 4.78 is 39.8. The molecule has 0 aliphatic carbocycles. The van der Waals surface area contributed by atoms with E-state index in [0.717, 1.165) is 12.1 Å². The zero-order chi connectivity index (χ0) is 14.9. The third kappa shape index (κ3) is 3.02. The number of hydrogen-bond acceptors (Lipinski definition) is 3. The van der Waals surface area contributed by atoms with Gasteiger partial charge in [0, 0.05) is 5.69 Å². The molecule has 0 radical (unpaired) electrons. The number of hydrogen-bond donors (Lipinski definition) is 2. The molecule has 20 heavy (non-hydrogen) atoms. The fourth-order valence-corrected chi connectivity index (χ4v) is 3.32. The first kappa shape index (κ1) is 14.6. The number of rotatable bonds is 3. The van der Waals surface area contributed by atoms with Crippen molar-refractivity contribution in [1.29, 1.82) is 0 Å². The van der Waals surface area contributed by atoms with E-state index < -0.39 is 15.8 Å². The van der Waals surface area contributed by atoms with E-state index in [-0.39, 0.29) is 15.6 Å². The van der Waals surface area contributed by atoms with Gasteiger partial charge in [0.2, 0.25) is 0 Å². The summed E-state index contributed by atoms with van der Waals surface area (Å²) in [6.45, 7) is 1.64. The molecule has 106 valence electrons. The highest BCUT2D eigenvalue weighted by atomic mass is 35.5. The molecule has 0 fully saturated rings. The lowest BCUT2D eigenvalue weighted by atomic mass is 10.2. The number of sulfonamides is 1. The van der Waals surface area contributed by atoms with Gasteiger partial charge in [-0.05, 0) is 48.9 Å². The molecular weight excluding hydrogens is 303 g/mol. The van der Waals surface area contributed by atoms with Gasteiger partial charge < -0.3 is 5.73 Å². The van der Waals surface area contributed by atoms with Crippen LogP contribution < -0.4 is 10.5 Å². The van der Waals surface area contributed by atoms with Crippen LogP contribution in [0.1, 0.15) is 5.56 Å². The predicted octanol–water partition coefficient (Wildman–Crippen LogP) is 3.17. The van der Waals surface area contributed by atoms with Crippen LogP contribution in [0.3, 0.4) is 0 Å². The molecule has 2 rings (SSSR count). The lowest BCUT2D eigenvalue weighted by Crippen LogP contribution is -2.14. The van der Waals surface area contributed by atoms with Crippen molar-refractivity contribution in [2.75, 3.05) is 10.5 Å². The topological polar surface area (TPSA) is 72.2 Å². The second-order valence-electron chi connectivity index (χ2n) is 4.25. The van der Waals surface area contributed by atoms with E-state index in [4.69, 9.17) is 17.3 Å². The van der Waals surface area contributed by atoms with Gasteiger partial charge in [-0.2, -0.15) is 0 Å². The Morgan fingerprint density at radius 1 is 1.20 bits per heavy atom. The minimum absolute atomic E-state index is 0.0123. The van der Waals surface area contributed by atoms with Crippen LogP contribution in [0.15, 0.2) is 41.3 Å². The van der Waals surface area contributed by atoms with Gasteiger partial charge in [-0.3, -0.25) is 4.72 Å². The summed E-state index contributed by atoms with van der Waals surface area (Å²) >= 11 is 5.80. The van der Waals surface area contributed by atoms with E-state index in [0.29, 0.717) is 11.3 Å². The van der Waals surface area contributed by atoms with Crippen molar-refractivity contribution in [1.82, 2.24) is 0 Å². The first-order chi connectivity index (χ1) is 9.29. The molecule has 0 aromatic heterocycles. The lowest BCUT2D eigenvalue weighted by molar-refractivity contribution is 0.600. The second-order valence-corrected chi connectivity index (χ2v) is 6.31. The van der Waals surface area contributed by atoms with Crippen molar-refractivity contribution in [3.8, 4) is 0 Å². The number of nitrogen functional groups attached to an aromatic ring is 1. The van der Waals surface area contributed by atoms with Crippen LogP contribution in [0.25, 0.3) is 0 Å². The Morgan fingerprint density at radius 3 is 2.50 bits per heavy atom. The number of aryl methyl sites for hydroxylation is 1. The van der Waals surface area contributed by atoms with Gasteiger partial charge in [-0.1, -0.05) is 11.6 Å². The zero-order valence-electron chi connectivity index (χ0n) is 10.5. The third-order valence-electron chi connectivity index (χ3n) is 2.66. The lowest BCUT2D eigenvalue weighted by Gasteiger charge is -2.12. The van der Waals surface area contributed by atoms with Gasteiger partial charge in [0.1, 0.15) is 5.82 Å². The number of nitrogens with one attached hydrogen (secondary N) is 1. The van der Waals surface area contributed by atoms with Crippen molar-refractivity contribution in [3.05, 3.63) is 52.8 Å². The van der Waals surface area contributed by atoms with Crippen molar-refractivity contribution >= 4 is 33.0 Å². The summed E-state index contributed by atoms with van der Waals surface area (Å²) in [4.78, 5) is 0.0899. The summed E-state index contributed by atoms with van der Waals surface area (Å²) in [6, 6.07) is 7.88. The smallest absolute Gasteiger partial charge is 0.262 e. The molecule has 0 spiro atoms. The Kier molecular flexibility index (Phi) is 3.87. The molecule has 0 heterocycles. The van der Waals surface area contributed by atoms with Crippen LogP contribution in [0.4, 0.5) is 15.8 Å². The molecule has 0 saturated heterocycles. The second kappa shape index (κ2) is 5.30. The average molecular weight is 315 g/mol. The first-order valence-corrected chi connectivity index (χ1v) is 7.50. The maximum absolute atomic E-state index is 12.9. The normalized spacial score (nSPS) is 11.3. The number of nitrogens with two attached hydrogens (primary N) is 1. The molecule has 0 aliphatic rings. The summed E-state index contributed by atoms with van der Waals surface area (Å²) in [5.74, 6) is -0.540. The van der Waals surface area contributed by atoms with E-state index in [2.05, 4.69) is 4.72 Å². The van der Waals surface area contributed by atoms with E-state index in [1.54, 1.807) is 13.0 Å². The number of halogens is 2. The Hall–Kier alpha value is -1.79. The largest absolute Gasteiger partial charge is 0.399 e. The van der Waals surface area contributed by atoms with Crippen LogP contribution >= 0.6 is 11.6 Å². The van der Waals surface area contributed by atoms with Crippen LogP contribution in [0.2, 0.25) is 5.02 Å². The monoisotopic (exact) mass is 314 g/mol. The summed E-state index contributed by atoms with van der Waals surface area (Å²) in [6.07, 6.45) is 0. The Bertz CT molecular complexity index is 763. The molecular formula is C13H12ClFN2O2S. The average Bonchev–Trinajstić information content (AvgIpc) is 2.32. The molecule has 0 aliphatic heterocycles. The summed E-state index contributed by atoms with van der Waals surface area (Å²) in [5.41, 5.74) is 6.68. The SMILES string of the molecule is Cc1cc(N)ccc1S(=O)(=O)Nc1ccc(F)cc1Cl. The highest BCUT2D eigenvalue weighted by Gasteiger charge is 2.18. The molecule has 0 saturated carbocycles. The quantitative estimate of drug-likeness (QED) is 0.855. The van der Waals surface area contributed by atoms with E-state index >= 15 is 0 Å². The van der Waals surface area contributed by atoms with Gasteiger partial charge in [0.05, 0.1) is 15.6 Å². The minimum atomic E-state index is -3.81. The molecule has 2 aromatic carbocycles. The third-order valence-corrected chi connectivity index (χ3v) is 4.50.